The third-order valence-corrected chi connectivity index (χ3v) is 2.91. The average Bonchev–Trinajstić information content (AvgIpc) is 2.08. The molecular weight excluding hydrogens is 196 g/mol. The molecule has 1 fully saturated rings. The number of unbranched alkanes of at least 4 members (excludes halogenated alkanes) is 1. The number of carbonyl (C=O) groups is 2. The summed E-state index contributed by atoms with van der Waals surface area (Å²) in [7, 11) is 0. The van der Waals surface area contributed by atoms with Crippen LogP contribution < -0.4 is 5.73 Å². The van der Waals surface area contributed by atoms with E-state index in [-0.39, 0.29) is 6.04 Å². The van der Waals surface area contributed by atoms with Gasteiger partial charge >= 0.3 is 5.97 Å². The van der Waals surface area contributed by atoms with E-state index in [1.165, 1.54) is 0 Å². The van der Waals surface area contributed by atoms with Crippen molar-refractivity contribution in [3.63, 3.8) is 0 Å². The van der Waals surface area contributed by atoms with Crippen molar-refractivity contribution in [1.29, 1.82) is 0 Å². The van der Waals surface area contributed by atoms with E-state index >= 15 is 0 Å². The molecule has 1 amide bonds. The largest absolute Gasteiger partial charge is 0.480 e. The van der Waals surface area contributed by atoms with Crippen LogP contribution in [0.1, 0.15) is 32.6 Å². The molecule has 0 saturated carbocycles. The smallest absolute Gasteiger partial charge is 0.320 e. The van der Waals surface area contributed by atoms with Gasteiger partial charge in [-0.2, -0.15) is 0 Å². The number of hydrogen-bond donors (Lipinski definition) is 2. The Morgan fingerprint density at radius 2 is 2.27 bits per heavy atom. The Bertz CT molecular complexity index is 255. The number of rotatable bonds is 6. The minimum absolute atomic E-state index is 0.372. The molecule has 5 nitrogen and oxygen atoms in total. The van der Waals surface area contributed by atoms with Crippen LogP contribution in [0, 0.1) is 0 Å². The summed E-state index contributed by atoms with van der Waals surface area (Å²) in [5, 5.41) is 9.04. The van der Waals surface area contributed by atoms with Gasteiger partial charge in [-0.3, -0.25) is 14.5 Å². The molecule has 1 aliphatic heterocycles. The van der Waals surface area contributed by atoms with Crippen molar-refractivity contribution in [3.8, 4) is 0 Å². The molecule has 2 atom stereocenters. The first-order chi connectivity index (χ1) is 7.07. The summed E-state index contributed by atoms with van der Waals surface area (Å²) >= 11 is 0. The van der Waals surface area contributed by atoms with Crippen molar-refractivity contribution < 1.29 is 14.7 Å². The van der Waals surface area contributed by atoms with E-state index in [1.54, 1.807) is 4.90 Å². The predicted octanol–water partition coefficient (Wildman–Crippen LogP) is 0.189. The molecule has 2 unspecified atom stereocenters. The molecule has 86 valence electrons. The van der Waals surface area contributed by atoms with Gasteiger partial charge in [-0.1, -0.05) is 19.8 Å². The number of carbonyl (C=O) groups excluding carboxylic acids is 1. The third-order valence-electron chi connectivity index (χ3n) is 2.91. The first-order valence-corrected chi connectivity index (χ1v) is 5.35. The van der Waals surface area contributed by atoms with Gasteiger partial charge in [0.1, 0.15) is 6.04 Å². The molecule has 0 aromatic rings. The quantitative estimate of drug-likeness (QED) is 0.661. The lowest BCUT2D eigenvalue weighted by atomic mass is 9.96. The molecule has 1 saturated heterocycles. The lowest BCUT2D eigenvalue weighted by Crippen LogP contribution is -2.60. The number of nitrogens with two attached hydrogens (primary N) is 1. The lowest BCUT2D eigenvalue weighted by Gasteiger charge is -2.42. The van der Waals surface area contributed by atoms with Gasteiger partial charge in [0.25, 0.3) is 0 Å². The zero-order chi connectivity index (χ0) is 11.4. The molecule has 0 bridgehead atoms. The summed E-state index contributed by atoms with van der Waals surface area (Å²) in [6.07, 6.45) is 3.10. The highest BCUT2D eigenvalue weighted by Gasteiger charge is 2.40. The fraction of sp³-hybridized carbons (Fsp3) is 0.800. The highest BCUT2D eigenvalue weighted by Crippen LogP contribution is 2.23. The SMILES string of the molecule is CCCCC(C(=O)O)N1CCC1C(N)=O. The van der Waals surface area contributed by atoms with Gasteiger partial charge in [-0.05, 0) is 12.8 Å². The first kappa shape index (κ1) is 12.0. The van der Waals surface area contributed by atoms with Crippen LogP contribution in [0.15, 0.2) is 0 Å². The van der Waals surface area contributed by atoms with Crippen molar-refractivity contribution in [1.82, 2.24) is 4.90 Å². The van der Waals surface area contributed by atoms with Crippen LogP contribution >= 0.6 is 0 Å². The first-order valence-electron chi connectivity index (χ1n) is 5.35. The Hall–Kier alpha value is -1.10. The van der Waals surface area contributed by atoms with Gasteiger partial charge in [-0.25, -0.2) is 0 Å². The van der Waals surface area contributed by atoms with E-state index in [4.69, 9.17) is 10.8 Å². The standard InChI is InChI=1S/C10H18N2O3/c1-2-3-4-8(10(14)15)12-6-5-7(12)9(11)13/h7-8H,2-6H2,1H3,(H2,11,13)(H,14,15). The van der Waals surface area contributed by atoms with Crippen LogP contribution in [0.2, 0.25) is 0 Å². The molecule has 15 heavy (non-hydrogen) atoms. The molecule has 1 heterocycles. The maximum atomic E-state index is 11.0. The monoisotopic (exact) mass is 214 g/mol. The van der Waals surface area contributed by atoms with Gasteiger partial charge in [-0.15, -0.1) is 0 Å². The summed E-state index contributed by atoms with van der Waals surface area (Å²) in [6.45, 7) is 2.68. The Balaban J connectivity index is 2.56. The van der Waals surface area contributed by atoms with Crippen LogP contribution in [0.4, 0.5) is 0 Å². The summed E-state index contributed by atoms with van der Waals surface area (Å²) in [6, 6.07) is -0.917. The van der Waals surface area contributed by atoms with Crippen molar-refractivity contribution in [2.45, 2.75) is 44.7 Å². The number of carboxylic acid groups (broad SMARTS) is 1. The average molecular weight is 214 g/mol. The molecule has 3 N–H and O–H groups in total. The predicted molar refractivity (Wildman–Crippen MR) is 55.3 cm³/mol. The number of likely N-dealkylation sites (tertiary alicyclic amines) is 1. The molecule has 0 aromatic heterocycles. The zero-order valence-corrected chi connectivity index (χ0v) is 8.98. The number of hydrogen-bond acceptors (Lipinski definition) is 3. The minimum Gasteiger partial charge on any atom is -0.480 e. The van der Waals surface area contributed by atoms with Crippen LogP contribution in [0.5, 0.6) is 0 Å². The lowest BCUT2D eigenvalue weighted by molar-refractivity contribution is -0.149. The molecule has 0 radical (unpaired) electrons. The normalized spacial score (nSPS) is 23.1. The van der Waals surface area contributed by atoms with E-state index in [0.717, 1.165) is 12.8 Å². The van der Waals surface area contributed by atoms with Gasteiger partial charge in [0, 0.05) is 6.54 Å². The van der Waals surface area contributed by atoms with E-state index in [1.807, 2.05) is 6.92 Å². The number of amides is 1. The summed E-state index contributed by atoms with van der Waals surface area (Å²) in [5.74, 6) is -1.27. The second-order valence-electron chi connectivity index (χ2n) is 3.94. The fourth-order valence-corrected chi connectivity index (χ4v) is 1.91. The van der Waals surface area contributed by atoms with Crippen LogP contribution in [0.3, 0.4) is 0 Å². The van der Waals surface area contributed by atoms with E-state index in [2.05, 4.69) is 0 Å². The van der Waals surface area contributed by atoms with E-state index in [0.29, 0.717) is 19.4 Å². The minimum atomic E-state index is -0.852. The van der Waals surface area contributed by atoms with Gasteiger partial charge < -0.3 is 10.8 Å². The summed E-state index contributed by atoms with van der Waals surface area (Å²) in [5.41, 5.74) is 5.18. The van der Waals surface area contributed by atoms with Crippen LogP contribution in [-0.4, -0.2) is 40.5 Å². The van der Waals surface area contributed by atoms with Crippen LogP contribution in [0.25, 0.3) is 0 Å². The second kappa shape index (κ2) is 5.11. The van der Waals surface area contributed by atoms with Crippen molar-refractivity contribution in [2.24, 2.45) is 5.73 Å². The van der Waals surface area contributed by atoms with Gasteiger partial charge in [0.2, 0.25) is 5.91 Å². The maximum absolute atomic E-state index is 11.0. The van der Waals surface area contributed by atoms with Crippen LogP contribution in [-0.2, 0) is 9.59 Å². The summed E-state index contributed by atoms with van der Waals surface area (Å²) < 4.78 is 0. The zero-order valence-electron chi connectivity index (χ0n) is 8.98. The van der Waals surface area contributed by atoms with E-state index < -0.39 is 17.9 Å². The highest BCUT2D eigenvalue weighted by atomic mass is 16.4. The molecule has 0 spiro atoms. The number of carboxylic acids is 1. The van der Waals surface area contributed by atoms with Gasteiger partial charge in [0.05, 0.1) is 6.04 Å². The molecule has 5 heteroatoms. The number of nitrogens with zero attached hydrogens (tertiary/aromatic N) is 1. The molecule has 0 aromatic carbocycles. The maximum Gasteiger partial charge on any atom is 0.320 e. The molecule has 1 aliphatic rings. The Labute approximate surface area is 89.2 Å². The Morgan fingerprint density at radius 1 is 1.60 bits per heavy atom. The topological polar surface area (TPSA) is 83.6 Å². The Kier molecular flexibility index (Phi) is 4.08. The van der Waals surface area contributed by atoms with Crippen molar-refractivity contribution >= 4 is 11.9 Å². The summed E-state index contributed by atoms with van der Waals surface area (Å²) in [4.78, 5) is 23.7. The Morgan fingerprint density at radius 3 is 2.60 bits per heavy atom. The third kappa shape index (κ3) is 2.68. The van der Waals surface area contributed by atoms with Crippen molar-refractivity contribution in [3.05, 3.63) is 0 Å². The molecule has 1 rings (SSSR count). The number of aliphatic carboxylic acids is 1. The van der Waals surface area contributed by atoms with Gasteiger partial charge in [0.15, 0.2) is 0 Å². The molecule has 0 aliphatic carbocycles. The van der Waals surface area contributed by atoms with E-state index in [9.17, 15) is 9.59 Å². The van der Waals surface area contributed by atoms with Crippen molar-refractivity contribution in [2.75, 3.05) is 6.54 Å². The molecular formula is C10H18N2O3. The fourth-order valence-electron chi connectivity index (χ4n) is 1.91. The highest BCUT2D eigenvalue weighted by molar-refractivity contribution is 5.82. The number of primary amides is 1. The second-order valence-corrected chi connectivity index (χ2v) is 3.94.